The van der Waals surface area contributed by atoms with Crippen LogP contribution in [0, 0.1) is 6.92 Å². The molecule has 1 saturated heterocycles. The summed E-state index contributed by atoms with van der Waals surface area (Å²) in [6.45, 7) is 2.40. The van der Waals surface area contributed by atoms with Crippen LogP contribution in [-0.4, -0.2) is 27.8 Å². The van der Waals surface area contributed by atoms with Gasteiger partial charge in [-0.25, -0.2) is 0 Å². The Morgan fingerprint density at radius 1 is 1.35 bits per heavy atom. The van der Waals surface area contributed by atoms with Crippen molar-refractivity contribution >= 4 is 0 Å². The van der Waals surface area contributed by atoms with Crippen molar-refractivity contribution < 1.29 is 22.8 Å². The van der Waals surface area contributed by atoms with Gasteiger partial charge in [-0.3, -0.25) is 4.90 Å². The summed E-state index contributed by atoms with van der Waals surface area (Å²) in [5.41, 5.74) is 0.248. The Kier molecular flexibility index (Phi) is 4.16. The molecule has 1 fully saturated rings. The van der Waals surface area contributed by atoms with E-state index in [0.717, 1.165) is 6.07 Å². The number of likely N-dealkylation sites (tertiary alicyclic amines) is 1. The van der Waals surface area contributed by atoms with Gasteiger partial charge in [0, 0.05) is 18.7 Å². The third-order valence-corrected chi connectivity index (χ3v) is 4.04. The normalized spacial score (nSPS) is 22.7. The van der Waals surface area contributed by atoms with Gasteiger partial charge in [0.2, 0.25) is 0 Å². The molecule has 0 unspecified atom stereocenters. The van der Waals surface area contributed by atoms with E-state index in [1.807, 2.05) is 0 Å². The van der Waals surface area contributed by atoms with Gasteiger partial charge in [-0.1, -0.05) is 23.4 Å². The average molecular weight is 326 g/mol. The summed E-state index contributed by atoms with van der Waals surface area (Å²) < 4.78 is 44.9. The van der Waals surface area contributed by atoms with E-state index in [0.29, 0.717) is 24.5 Å². The van der Waals surface area contributed by atoms with Gasteiger partial charge in [-0.15, -0.1) is 0 Å². The smallest absolute Gasteiger partial charge is 0.392 e. The number of halogens is 3. The van der Waals surface area contributed by atoms with E-state index in [9.17, 15) is 18.3 Å². The van der Waals surface area contributed by atoms with Crippen molar-refractivity contribution in [3.63, 3.8) is 0 Å². The summed E-state index contributed by atoms with van der Waals surface area (Å²) in [5.74, 6) is 0.575. The first kappa shape index (κ1) is 16.0. The number of hydrogen-bond donors (Lipinski definition) is 1. The van der Waals surface area contributed by atoms with Crippen LogP contribution in [0.15, 0.2) is 34.9 Å². The summed E-state index contributed by atoms with van der Waals surface area (Å²) in [6.07, 6.45) is -4.82. The lowest BCUT2D eigenvalue weighted by Crippen LogP contribution is -2.25. The van der Waals surface area contributed by atoms with Crippen LogP contribution in [0.2, 0.25) is 0 Å². The standard InChI is InChI=1S/C16H17F3N2O2/c1-10-6-12(23-20-10)9-21-8-11(22)7-15(21)13-4-2-3-5-14(13)16(17,18)19/h2-6,11,15,22H,7-9H2,1H3/t11-,15+/m1/s1. The molecule has 0 spiro atoms. The topological polar surface area (TPSA) is 49.5 Å². The van der Waals surface area contributed by atoms with Gasteiger partial charge in [0.05, 0.1) is 23.9 Å². The third-order valence-electron chi connectivity index (χ3n) is 4.04. The van der Waals surface area contributed by atoms with Crippen LogP contribution in [0.1, 0.15) is 35.0 Å². The monoisotopic (exact) mass is 326 g/mol. The molecule has 124 valence electrons. The van der Waals surface area contributed by atoms with E-state index in [1.54, 1.807) is 24.0 Å². The highest BCUT2D eigenvalue weighted by atomic mass is 19.4. The van der Waals surface area contributed by atoms with Crippen molar-refractivity contribution in [2.45, 2.75) is 38.2 Å². The van der Waals surface area contributed by atoms with Crippen molar-refractivity contribution in [3.8, 4) is 0 Å². The fourth-order valence-electron chi connectivity index (χ4n) is 3.11. The molecule has 1 aliphatic rings. The van der Waals surface area contributed by atoms with Crippen molar-refractivity contribution in [3.05, 3.63) is 52.9 Å². The van der Waals surface area contributed by atoms with Gasteiger partial charge >= 0.3 is 6.18 Å². The van der Waals surface area contributed by atoms with E-state index in [1.165, 1.54) is 12.1 Å². The van der Waals surface area contributed by atoms with Crippen molar-refractivity contribution in [1.82, 2.24) is 10.1 Å². The summed E-state index contributed by atoms with van der Waals surface area (Å²) in [4.78, 5) is 1.80. The number of alkyl halides is 3. The Hall–Kier alpha value is -1.86. The van der Waals surface area contributed by atoms with E-state index in [2.05, 4.69) is 5.16 Å². The summed E-state index contributed by atoms with van der Waals surface area (Å²) in [6, 6.07) is 6.76. The van der Waals surface area contributed by atoms with Crippen LogP contribution >= 0.6 is 0 Å². The molecule has 0 amide bonds. The lowest BCUT2D eigenvalue weighted by molar-refractivity contribution is -0.138. The fraction of sp³-hybridized carbons (Fsp3) is 0.438. The second kappa shape index (κ2) is 5.98. The summed E-state index contributed by atoms with van der Waals surface area (Å²) in [7, 11) is 0. The van der Waals surface area contributed by atoms with Crippen LogP contribution < -0.4 is 0 Å². The summed E-state index contributed by atoms with van der Waals surface area (Å²) in [5, 5.41) is 13.7. The van der Waals surface area contributed by atoms with Crippen LogP contribution in [0.25, 0.3) is 0 Å². The molecule has 2 aromatic rings. The van der Waals surface area contributed by atoms with Crippen LogP contribution in [-0.2, 0) is 12.7 Å². The Morgan fingerprint density at radius 3 is 2.74 bits per heavy atom. The van der Waals surface area contributed by atoms with Gasteiger partial charge in [0.15, 0.2) is 5.76 Å². The maximum absolute atomic E-state index is 13.2. The van der Waals surface area contributed by atoms with E-state index < -0.39 is 23.9 Å². The molecule has 0 radical (unpaired) electrons. The fourth-order valence-corrected chi connectivity index (χ4v) is 3.11. The molecule has 7 heteroatoms. The SMILES string of the molecule is Cc1cc(CN2C[C@H](O)C[C@H]2c2ccccc2C(F)(F)F)on1. The van der Waals surface area contributed by atoms with Gasteiger partial charge in [-0.2, -0.15) is 13.2 Å². The first-order valence-electron chi connectivity index (χ1n) is 7.35. The van der Waals surface area contributed by atoms with Crippen LogP contribution in [0.4, 0.5) is 13.2 Å². The molecule has 0 saturated carbocycles. The molecule has 0 aliphatic carbocycles. The maximum atomic E-state index is 13.2. The predicted octanol–water partition coefficient (Wildman–Crippen LogP) is 3.31. The molecule has 1 aromatic heterocycles. The highest BCUT2D eigenvalue weighted by Gasteiger charge is 2.39. The highest BCUT2D eigenvalue weighted by molar-refractivity contribution is 5.33. The number of β-amino-alcohol motifs (C(OH)–C–C–N with tert-alkyl or cyclic N) is 1. The lowest BCUT2D eigenvalue weighted by Gasteiger charge is -2.25. The zero-order valence-corrected chi connectivity index (χ0v) is 12.5. The molecule has 23 heavy (non-hydrogen) atoms. The first-order chi connectivity index (χ1) is 10.8. The zero-order valence-electron chi connectivity index (χ0n) is 12.5. The van der Waals surface area contributed by atoms with Crippen molar-refractivity contribution in [2.24, 2.45) is 0 Å². The summed E-state index contributed by atoms with van der Waals surface area (Å²) >= 11 is 0. The van der Waals surface area contributed by atoms with Crippen molar-refractivity contribution in [1.29, 1.82) is 0 Å². The molecule has 1 aliphatic heterocycles. The molecule has 0 bridgehead atoms. The molecule has 1 aromatic carbocycles. The van der Waals surface area contributed by atoms with Crippen LogP contribution in [0.5, 0.6) is 0 Å². The van der Waals surface area contributed by atoms with Gasteiger partial charge in [-0.05, 0) is 25.0 Å². The Morgan fingerprint density at radius 2 is 2.09 bits per heavy atom. The van der Waals surface area contributed by atoms with Gasteiger partial charge < -0.3 is 9.63 Å². The molecule has 2 heterocycles. The number of benzene rings is 1. The minimum absolute atomic E-state index is 0.188. The lowest BCUT2D eigenvalue weighted by atomic mass is 9.97. The molecule has 4 nitrogen and oxygen atoms in total. The highest BCUT2D eigenvalue weighted by Crippen LogP contribution is 2.40. The average Bonchev–Trinajstić information content (AvgIpc) is 3.04. The van der Waals surface area contributed by atoms with E-state index >= 15 is 0 Å². The number of aliphatic hydroxyl groups excluding tert-OH is 1. The predicted molar refractivity (Wildman–Crippen MR) is 76.5 cm³/mol. The number of aromatic nitrogens is 1. The quantitative estimate of drug-likeness (QED) is 0.940. The van der Waals surface area contributed by atoms with E-state index in [4.69, 9.17) is 4.52 Å². The Balaban J connectivity index is 1.91. The molecular formula is C16H17F3N2O2. The molecule has 2 atom stereocenters. The minimum Gasteiger partial charge on any atom is -0.392 e. The molecular weight excluding hydrogens is 309 g/mol. The van der Waals surface area contributed by atoms with Gasteiger partial charge in [0.1, 0.15) is 0 Å². The second-order valence-corrected chi connectivity index (χ2v) is 5.85. The number of hydrogen-bond acceptors (Lipinski definition) is 4. The minimum atomic E-state index is -4.42. The Bertz CT molecular complexity index is 684. The zero-order chi connectivity index (χ0) is 16.6. The van der Waals surface area contributed by atoms with Crippen molar-refractivity contribution in [2.75, 3.05) is 6.54 Å². The number of aryl methyl sites for hydroxylation is 1. The van der Waals surface area contributed by atoms with Gasteiger partial charge in [0.25, 0.3) is 0 Å². The first-order valence-corrected chi connectivity index (χ1v) is 7.35. The second-order valence-electron chi connectivity index (χ2n) is 5.85. The number of aliphatic hydroxyl groups is 1. The molecule has 1 N–H and O–H groups in total. The number of rotatable bonds is 3. The van der Waals surface area contributed by atoms with E-state index in [-0.39, 0.29) is 12.0 Å². The largest absolute Gasteiger partial charge is 0.416 e. The third kappa shape index (κ3) is 3.40. The number of nitrogens with zero attached hydrogens (tertiary/aromatic N) is 2. The van der Waals surface area contributed by atoms with Crippen LogP contribution in [0.3, 0.4) is 0 Å². The molecule has 3 rings (SSSR count). The maximum Gasteiger partial charge on any atom is 0.416 e. The Labute approximate surface area is 131 Å².